The fourth-order valence-corrected chi connectivity index (χ4v) is 1.98. The molecule has 0 aliphatic carbocycles. The molecule has 18 heavy (non-hydrogen) atoms. The van der Waals surface area contributed by atoms with Gasteiger partial charge in [0.2, 0.25) is 0 Å². The summed E-state index contributed by atoms with van der Waals surface area (Å²) < 4.78 is 1.80. The van der Waals surface area contributed by atoms with E-state index in [2.05, 4.69) is 21.1 Å². The molecule has 1 aromatic carbocycles. The van der Waals surface area contributed by atoms with Crippen LogP contribution in [0, 0.1) is 18.3 Å². The Balaban J connectivity index is 2.26. The molecule has 5 nitrogen and oxygen atoms in total. The maximum atomic E-state index is 9.05. The molecule has 0 unspecified atom stereocenters. The molecule has 0 amide bonds. The first kappa shape index (κ1) is 10.5. The molecule has 0 spiro atoms. The Morgan fingerprint density at radius 3 is 2.89 bits per heavy atom. The molecule has 0 saturated heterocycles. The van der Waals surface area contributed by atoms with Gasteiger partial charge in [-0.15, -0.1) is 0 Å². The molecule has 88 valence electrons. The number of nitrogens with zero attached hydrogens (tertiary/aromatic N) is 4. The highest BCUT2D eigenvalue weighted by Crippen LogP contribution is 2.24. The minimum absolute atomic E-state index is 0.580. The first-order chi connectivity index (χ1) is 8.70. The van der Waals surface area contributed by atoms with Crippen LogP contribution in [0.5, 0.6) is 0 Å². The lowest BCUT2D eigenvalue weighted by atomic mass is 10.2. The van der Waals surface area contributed by atoms with Crippen LogP contribution in [0.4, 0.5) is 0 Å². The van der Waals surface area contributed by atoms with Crippen LogP contribution < -0.4 is 0 Å². The molecular formula is C13H11N5. The summed E-state index contributed by atoms with van der Waals surface area (Å²) in [6.45, 7) is 1.99. The summed E-state index contributed by atoms with van der Waals surface area (Å²) in [5.74, 6) is 0.748. The molecular weight excluding hydrogens is 226 g/mol. The first-order valence-corrected chi connectivity index (χ1v) is 5.58. The van der Waals surface area contributed by atoms with Crippen molar-refractivity contribution in [3.8, 4) is 17.5 Å². The zero-order valence-electron chi connectivity index (χ0n) is 10.1. The minimum atomic E-state index is 0.580. The summed E-state index contributed by atoms with van der Waals surface area (Å²) in [5, 5.41) is 13.3. The normalized spacial score (nSPS) is 10.7. The molecule has 3 aromatic rings. The summed E-state index contributed by atoms with van der Waals surface area (Å²) in [7, 11) is 1.89. The molecule has 0 bridgehead atoms. The van der Waals surface area contributed by atoms with Crippen LogP contribution in [0.25, 0.3) is 22.4 Å². The van der Waals surface area contributed by atoms with Gasteiger partial charge in [-0.2, -0.15) is 10.4 Å². The number of rotatable bonds is 1. The Kier molecular flexibility index (Phi) is 2.17. The number of para-hydroxylation sites is 1. The summed E-state index contributed by atoms with van der Waals surface area (Å²) in [6, 6.07) is 7.68. The van der Waals surface area contributed by atoms with Gasteiger partial charge in [0, 0.05) is 12.7 Å². The van der Waals surface area contributed by atoms with E-state index in [9.17, 15) is 0 Å². The van der Waals surface area contributed by atoms with Crippen LogP contribution >= 0.6 is 0 Å². The summed E-state index contributed by atoms with van der Waals surface area (Å²) in [5.41, 5.74) is 4.15. The number of hydrogen-bond acceptors (Lipinski definition) is 3. The van der Waals surface area contributed by atoms with Crippen LogP contribution in [-0.4, -0.2) is 19.7 Å². The van der Waals surface area contributed by atoms with Crippen molar-refractivity contribution in [1.29, 1.82) is 5.26 Å². The number of aryl methyl sites for hydroxylation is 1. The van der Waals surface area contributed by atoms with Crippen molar-refractivity contribution in [2.75, 3.05) is 0 Å². The Morgan fingerprint density at radius 2 is 2.22 bits per heavy atom. The number of nitrogens with one attached hydrogen (secondary N) is 1. The lowest BCUT2D eigenvalue weighted by molar-refractivity contribution is 0.740. The monoisotopic (exact) mass is 237 g/mol. The van der Waals surface area contributed by atoms with Crippen molar-refractivity contribution in [3.63, 3.8) is 0 Å². The quantitative estimate of drug-likeness (QED) is 0.704. The molecule has 5 heteroatoms. The zero-order valence-corrected chi connectivity index (χ0v) is 10.1. The van der Waals surface area contributed by atoms with Gasteiger partial charge in [-0.3, -0.25) is 4.68 Å². The minimum Gasteiger partial charge on any atom is -0.338 e. The molecule has 0 fully saturated rings. The average molecular weight is 237 g/mol. The zero-order chi connectivity index (χ0) is 12.7. The number of aromatic amines is 1. The van der Waals surface area contributed by atoms with Gasteiger partial charge in [0.1, 0.15) is 17.4 Å². The van der Waals surface area contributed by atoms with Gasteiger partial charge >= 0.3 is 0 Å². The summed E-state index contributed by atoms with van der Waals surface area (Å²) in [4.78, 5) is 7.72. The van der Waals surface area contributed by atoms with E-state index in [1.807, 2.05) is 26.1 Å². The number of H-pyrrole nitrogens is 1. The Hall–Kier alpha value is -2.61. The van der Waals surface area contributed by atoms with Gasteiger partial charge in [0.15, 0.2) is 0 Å². The fourth-order valence-electron chi connectivity index (χ4n) is 1.98. The maximum Gasteiger partial charge on any atom is 0.142 e. The largest absolute Gasteiger partial charge is 0.338 e. The van der Waals surface area contributed by atoms with Crippen molar-refractivity contribution in [3.05, 3.63) is 35.7 Å². The van der Waals surface area contributed by atoms with E-state index in [0.717, 1.165) is 22.6 Å². The number of fused-ring (bicyclic) bond motifs is 1. The third-order valence-electron chi connectivity index (χ3n) is 3.12. The van der Waals surface area contributed by atoms with Crippen molar-refractivity contribution in [2.45, 2.75) is 6.92 Å². The van der Waals surface area contributed by atoms with Gasteiger partial charge in [-0.1, -0.05) is 6.07 Å². The predicted octanol–water partition coefficient (Wildman–Crippen LogP) is 2.14. The van der Waals surface area contributed by atoms with Crippen LogP contribution in [-0.2, 0) is 7.05 Å². The van der Waals surface area contributed by atoms with Crippen molar-refractivity contribution in [1.82, 2.24) is 19.7 Å². The third-order valence-corrected chi connectivity index (χ3v) is 3.12. The Labute approximate surface area is 104 Å². The molecule has 1 N–H and O–H groups in total. The predicted molar refractivity (Wildman–Crippen MR) is 67.7 cm³/mol. The second-order valence-corrected chi connectivity index (χ2v) is 4.17. The maximum absolute atomic E-state index is 9.05. The smallest absolute Gasteiger partial charge is 0.142 e. The Bertz CT molecular complexity index is 772. The standard InChI is InChI=1S/C13H11N5/c1-8-10(7-15-18(8)2)13-16-11-5-3-4-9(6-14)12(11)17-13/h3-5,7H,1-2H3,(H,16,17). The molecule has 3 rings (SSSR count). The van der Waals surface area contributed by atoms with E-state index in [4.69, 9.17) is 5.26 Å². The summed E-state index contributed by atoms with van der Waals surface area (Å²) in [6.07, 6.45) is 1.78. The van der Waals surface area contributed by atoms with E-state index in [1.54, 1.807) is 16.9 Å². The SMILES string of the molecule is Cc1c(-c2nc3c(C#N)cccc3[nH]2)cnn1C. The topological polar surface area (TPSA) is 70.3 Å². The number of aromatic nitrogens is 4. The molecule has 0 saturated carbocycles. The van der Waals surface area contributed by atoms with E-state index in [0.29, 0.717) is 11.1 Å². The van der Waals surface area contributed by atoms with E-state index in [-0.39, 0.29) is 0 Å². The highest BCUT2D eigenvalue weighted by Gasteiger charge is 2.12. The van der Waals surface area contributed by atoms with Gasteiger partial charge in [-0.25, -0.2) is 4.98 Å². The molecule has 0 aliphatic rings. The Morgan fingerprint density at radius 1 is 1.39 bits per heavy atom. The second kappa shape index (κ2) is 3.70. The number of hydrogen-bond donors (Lipinski definition) is 1. The second-order valence-electron chi connectivity index (χ2n) is 4.17. The van der Waals surface area contributed by atoms with Crippen LogP contribution in [0.1, 0.15) is 11.3 Å². The highest BCUT2D eigenvalue weighted by molar-refractivity contribution is 5.84. The number of nitriles is 1. The molecule has 0 radical (unpaired) electrons. The third kappa shape index (κ3) is 1.39. The van der Waals surface area contributed by atoms with E-state index >= 15 is 0 Å². The van der Waals surface area contributed by atoms with Crippen molar-refractivity contribution >= 4 is 11.0 Å². The molecule has 2 aromatic heterocycles. The van der Waals surface area contributed by atoms with Gasteiger partial charge < -0.3 is 4.98 Å². The average Bonchev–Trinajstić information content (AvgIpc) is 2.94. The van der Waals surface area contributed by atoms with E-state index < -0.39 is 0 Å². The first-order valence-electron chi connectivity index (χ1n) is 5.58. The molecule has 2 heterocycles. The van der Waals surface area contributed by atoms with Crippen LogP contribution in [0.3, 0.4) is 0 Å². The summed E-state index contributed by atoms with van der Waals surface area (Å²) >= 11 is 0. The molecule has 0 atom stereocenters. The van der Waals surface area contributed by atoms with Gasteiger partial charge in [-0.05, 0) is 19.1 Å². The lowest BCUT2D eigenvalue weighted by Crippen LogP contribution is -1.92. The lowest BCUT2D eigenvalue weighted by Gasteiger charge is -1.95. The highest BCUT2D eigenvalue weighted by atomic mass is 15.3. The van der Waals surface area contributed by atoms with Gasteiger partial charge in [0.05, 0.1) is 22.8 Å². The fraction of sp³-hybridized carbons (Fsp3) is 0.154. The molecule has 0 aliphatic heterocycles. The van der Waals surface area contributed by atoms with Crippen LogP contribution in [0.15, 0.2) is 24.4 Å². The van der Waals surface area contributed by atoms with Crippen LogP contribution in [0.2, 0.25) is 0 Å². The number of imidazole rings is 1. The van der Waals surface area contributed by atoms with Crippen molar-refractivity contribution < 1.29 is 0 Å². The van der Waals surface area contributed by atoms with Crippen molar-refractivity contribution in [2.24, 2.45) is 7.05 Å². The van der Waals surface area contributed by atoms with E-state index in [1.165, 1.54) is 0 Å². The van der Waals surface area contributed by atoms with Gasteiger partial charge in [0.25, 0.3) is 0 Å². The number of benzene rings is 1.